The Labute approximate surface area is 112 Å². The van der Waals surface area contributed by atoms with Crippen LogP contribution in [0.15, 0.2) is 23.0 Å². The molecule has 0 aliphatic carbocycles. The van der Waals surface area contributed by atoms with Gasteiger partial charge < -0.3 is 19.7 Å². The summed E-state index contributed by atoms with van der Waals surface area (Å²) in [6, 6.07) is 1.58. The third kappa shape index (κ3) is 5.46. The number of carboxylic acids is 1. The summed E-state index contributed by atoms with van der Waals surface area (Å²) in [5.41, 5.74) is 0.912. The minimum absolute atomic E-state index is 0.0382. The second-order valence-corrected chi connectivity index (χ2v) is 4.55. The fourth-order valence-electron chi connectivity index (χ4n) is 1.70. The topological polar surface area (TPSA) is 82.8 Å². The second-order valence-electron chi connectivity index (χ2n) is 4.55. The molecule has 0 spiro atoms. The van der Waals surface area contributed by atoms with Gasteiger partial charge in [-0.3, -0.25) is 4.79 Å². The van der Waals surface area contributed by atoms with E-state index >= 15 is 0 Å². The van der Waals surface area contributed by atoms with E-state index in [1.54, 1.807) is 25.6 Å². The van der Waals surface area contributed by atoms with E-state index in [1.807, 2.05) is 6.92 Å². The van der Waals surface area contributed by atoms with Crippen molar-refractivity contribution in [2.75, 3.05) is 13.6 Å². The Balaban J connectivity index is 2.35. The number of furan rings is 1. The highest BCUT2D eigenvalue weighted by molar-refractivity contribution is 5.74. The van der Waals surface area contributed by atoms with Crippen LogP contribution in [0.2, 0.25) is 0 Å². The first-order valence-corrected chi connectivity index (χ1v) is 6.24. The highest BCUT2D eigenvalue weighted by atomic mass is 16.4. The van der Waals surface area contributed by atoms with Crippen molar-refractivity contribution in [3.05, 3.63) is 24.2 Å². The van der Waals surface area contributed by atoms with Crippen molar-refractivity contribution in [2.45, 2.75) is 26.3 Å². The fourth-order valence-corrected chi connectivity index (χ4v) is 1.70. The van der Waals surface area contributed by atoms with Crippen molar-refractivity contribution in [3.8, 4) is 0 Å². The maximum Gasteiger partial charge on any atom is 0.317 e. The summed E-state index contributed by atoms with van der Waals surface area (Å²) in [6.07, 6.45) is 3.93. The van der Waals surface area contributed by atoms with Crippen molar-refractivity contribution in [2.24, 2.45) is 5.92 Å². The second kappa shape index (κ2) is 7.45. The van der Waals surface area contributed by atoms with Gasteiger partial charge in [0.2, 0.25) is 0 Å². The van der Waals surface area contributed by atoms with Crippen molar-refractivity contribution in [1.82, 2.24) is 10.2 Å². The van der Waals surface area contributed by atoms with Gasteiger partial charge in [-0.05, 0) is 12.0 Å². The molecule has 0 bridgehead atoms. The summed E-state index contributed by atoms with van der Waals surface area (Å²) in [5, 5.41) is 11.5. The first kappa shape index (κ1) is 15.1. The van der Waals surface area contributed by atoms with Gasteiger partial charge in [-0.15, -0.1) is 0 Å². The predicted molar refractivity (Wildman–Crippen MR) is 69.6 cm³/mol. The molecule has 1 atom stereocenters. The summed E-state index contributed by atoms with van der Waals surface area (Å²) >= 11 is 0. The number of nitrogens with zero attached hydrogens (tertiary/aromatic N) is 1. The Kier molecular flexibility index (Phi) is 5.92. The molecule has 0 aromatic carbocycles. The molecule has 1 rings (SSSR count). The number of amides is 2. The van der Waals surface area contributed by atoms with Gasteiger partial charge >= 0.3 is 12.0 Å². The molecular formula is C13H20N2O4. The van der Waals surface area contributed by atoms with Gasteiger partial charge in [0.25, 0.3) is 0 Å². The molecule has 1 aromatic heterocycles. The minimum Gasteiger partial charge on any atom is -0.481 e. The van der Waals surface area contributed by atoms with Crippen LogP contribution in [-0.4, -0.2) is 35.6 Å². The molecule has 0 aliphatic heterocycles. The average Bonchev–Trinajstić information content (AvgIpc) is 2.86. The lowest BCUT2D eigenvalue weighted by molar-refractivity contribution is -0.138. The number of carbonyl (C=O) groups is 2. The zero-order valence-corrected chi connectivity index (χ0v) is 11.3. The summed E-state index contributed by atoms with van der Waals surface area (Å²) in [5.74, 6) is -0.878. The third-order valence-corrected chi connectivity index (χ3v) is 2.93. The first-order valence-electron chi connectivity index (χ1n) is 6.24. The van der Waals surface area contributed by atoms with E-state index in [0.717, 1.165) is 12.0 Å². The summed E-state index contributed by atoms with van der Waals surface area (Å²) in [7, 11) is 1.68. The number of nitrogens with one attached hydrogen (secondary N) is 1. The van der Waals surface area contributed by atoms with E-state index in [1.165, 1.54) is 4.90 Å². The van der Waals surface area contributed by atoms with E-state index in [2.05, 4.69) is 5.32 Å². The fraction of sp³-hybridized carbons (Fsp3) is 0.538. The lowest BCUT2D eigenvalue weighted by Crippen LogP contribution is -2.39. The Morgan fingerprint density at radius 3 is 2.79 bits per heavy atom. The number of rotatable bonds is 7. The van der Waals surface area contributed by atoms with E-state index < -0.39 is 5.97 Å². The van der Waals surface area contributed by atoms with Crippen LogP contribution in [0.3, 0.4) is 0 Å². The Hall–Kier alpha value is -1.98. The molecule has 0 radical (unpaired) electrons. The van der Waals surface area contributed by atoms with Gasteiger partial charge in [-0.25, -0.2) is 4.79 Å². The molecule has 0 aliphatic rings. The monoisotopic (exact) mass is 268 g/mol. The average molecular weight is 268 g/mol. The molecule has 2 amide bonds. The number of hydrogen-bond acceptors (Lipinski definition) is 3. The SMILES string of the molecule is CCC(CNC(=O)N(C)Cc1ccoc1)CC(=O)O. The summed E-state index contributed by atoms with van der Waals surface area (Å²) < 4.78 is 4.93. The predicted octanol–water partition coefficient (Wildman–Crippen LogP) is 1.92. The van der Waals surface area contributed by atoms with Gasteiger partial charge in [-0.1, -0.05) is 13.3 Å². The van der Waals surface area contributed by atoms with Crippen LogP contribution in [0.4, 0.5) is 4.79 Å². The highest BCUT2D eigenvalue weighted by Crippen LogP contribution is 2.07. The van der Waals surface area contributed by atoms with Crippen LogP contribution in [0.5, 0.6) is 0 Å². The zero-order chi connectivity index (χ0) is 14.3. The van der Waals surface area contributed by atoms with E-state index in [4.69, 9.17) is 9.52 Å². The molecule has 0 saturated heterocycles. The molecule has 1 heterocycles. The number of carboxylic acid groups (broad SMARTS) is 1. The van der Waals surface area contributed by atoms with Crippen LogP contribution in [0.25, 0.3) is 0 Å². The summed E-state index contributed by atoms with van der Waals surface area (Å²) in [4.78, 5) is 24.0. The summed E-state index contributed by atoms with van der Waals surface area (Å²) in [6.45, 7) is 2.74. The lowest BCUT2D eigenvalue weighted by Gasteiger charge is -2.19. The van der Waals surface area contributed by atoms with Crippen molar-refractivity contribution >= 4 is 12.0 Å². The largest absolute Gasteiger partial charge is 0.481 e. The Bertz CT molecular complexity index is 403. The van der Waals surface area contributed by atoms with Gasteiger partial charge in [0.15, 0.2) is 0 Å². The zero-order valence-electron chi connectivity index (χ0n) is 11.3. The van der Waals surface area contributed by atoms with Crippen LogP contribution in [0, 0.1) is 5.92 Å². The van der Waals surface area contributed by atoms with Crippen molar-refractivity contribution < 1.29 is 19.1 Å². The van der Waals surface area contributed by atoms with E-state index in [-0.39, 0.29) is 18.4 Å². The maximum absolute atomic E-state index is 11.8. The first-order chi connectivity index (χ1) is 9.02. The van der Waals surface area contributed by atoms with Crippen LogP contribution in [-0.2, 0) is 11.3 Å². The number of hydrogen-bond donors (Lipinski definition) is 2. The van der Waals surface area contributed by atoms with E-state index in [9.17, 15) is 9.59 Å². The normalized spacial score (nSPS) is 11.9. The van der Waals surface area contributed by atoms with Crippen molar-refractivity contribution in [3.63, 3.8) is 0 Å². The van der Waals surface area contributed by atoms with Gasteiger partial charge in [0.05, 0.1) is 19.1 Å². The highest BCUT2D eigenvalue weighted by Gasteiger charge is 2.14. The number of aliphatic carboxylic acids is 1. The van der Waals surface area contributed by atoms with Crippen LogP contribution < -0.4 is 5.32 Å². The smallest absolute Gasteiger partial charge is 0.317 e. The molecule has 19 heavy (non-hydrogen) atoms. The standard InChI is InChI=1S/C13H20N2O4/c1-3-10(6-12(16)17)7-14-13(18)15(2)8-11-4-5-19-9-11/h4-5,9-10H,3,6-8H2,1-2H3,(H,14,18)(H,16,17). The third-order valence-electron chi connectivity index (χ3n) is 2.93. The van der Waals surface area contributed by atoms with E-state index in [0.29, 0.717) is 13.1 Å². The molecule has 2 N–H and O–H groups in total. The minimum atomic E-state index is -0.840. The van der Waals surface area contributed by atoms with Gasteiger partial charge in [0.1, 0.15) is 0 Å². The number of carbonyl (C=O) groups excluding carboxylic acids is 1. The number of urea groups is 1. The van der Waals surface area contributed by atoms with Gasteiger partial charge in [0, 0.05) is 25.6 Å². The molecular weight excluding hydrogens is 248 g/mol. The quantitative estimate of drug-likeness (QED) is 0.791. The molecule has 106 valence electrons. The molecule has 0 saturated carbocycles. The van der Waals surface area contributed by atoms with Crippen LogP contribution in [0.1, 0.15) is 25.3 Å². The lowest BCUT2D eigenvalue weighted by atomic mass is 10.0. The molecule has 1 unspecified atom stereocenters. The Morgan fingerprint density at radius 2 is 2.26 bits per heavy atom. The van der Waals surface area contributed by atoms with Crippen molar-refractivity contribution in [1.29, 1.82) is 0 Å². The molecule has 6 heteroatoms. The van der Waals surface area contributed by atoms with Crippen LogP contribution >= 0.6 is 0 Å². The molecule has 1 aromatic rings. The molecule has 6 nitrogen and oxygen atoms in total. The Morgan fingerprint density at radius 1 is 1.53 bits per heavy atom. The maximum atomic E-state index is 11.8. The molecule has 0 fully saturated rings. The van der Waals surface area contributed by atoms with Gasteiger partial charge in [-0.2, -0.15) is 0 Å².